The zero-order chi connectivity index (χ0) is 18.3. The van der Waals surface area contributed by atoms with Crippen molar-refractivity contribution in [3.63, 3.8) is 0 Å². The highest BCUT2D eigenvalue weighted by molar-refractivity contribution is 5.66. The van der Waals surface area contributed by atoms with Crippen molar-refractivity contribution in [2.75, 3.05) is 20.1 Å². The summed E-state index contributed by atoms with van der Waals surface area (Å²) >= 11 is 0. The predicted octanol–water partition coefficient (Wildman–Crippen LogP) is 6.82. The van der Waals surface area contributed by atoms with Gasteiger partial charge < -0.3 is 4.90 Å². The average Bonchev–Trinajstić information content (AvgIpc) is 2.56. The second-order valence-corrected chi connectivity index (χ2v) is 6.00. The minimum atomic E-state index is 0.817. The summed E-state index contributed by atoms with van der Waals surface area (Å²) in [5.74, 6) is 0.817. The topological polar surface area (TPSA) is 3.24 Å². The summed E-state index contributed by atoms with van der Waals surface area (Å²) in [4.78, 5) is 2.41. The van der Waals surface area contributed by atoms with Gasteiger partial charge in [-0.1, -0.05) is 71.9 Å². The molecule has 1 aromatic carbocycles. The number of likely N-dealkylation sites (N-methyl/N-ethyl adjacent to an activating group) is 1. The standard InChI is InChI=1S/C18H29N.2C2H6/c1-15(2)9-8-13-19(5)14-12-17(4)18-11-7-6-10-16(18)3;2*1-2/h6-7,10-12,15H,8-9,13-14H2,1-5H3;2*1-2H3/b17-12+;;. The molecule has 0 bridgehead atoms. The fraction of sp³-hybridized carbons (Fsp3) is 0.636. The van der Waals surface area contributed by atoms with Crippen molar-refractivity contribution < 1.29 is 0 Å². The molecular weight excluding hydrogens is 278 g/mol. The van der Waals surface area contributed by atoms with E-state index in [1.807, 2.05) is 27.7 Å². The van der Waals surface area contributed by atoms with E-state index in [-0.39, 0.29) is 0 Å². The molecular formula is C22H41N. The largest absolute Gasteiger partial charge is 0.303 e. The van der Waals surface area contributed by atoms with Gasteiger partial charge in [0.05, 0.1) is 0 Å². The zero-order valence-electron chi connectivity index (χ0n) is 17.2. The molecule has 1 rings (SSSR count). The van der Waals surface area contributed by atoms with Crippen LogP contribution in [0.15, 0.2) is 30.3 Å². The Kier molecular flexibility index (Phi) is 16.6. The Morgan fingerprint density at radius 3 is 2.17 bits per heavy atom. The highest BCUT2D eigenvalue weighted by Gasteiger charge is 2.01. The smallest absolute Gasteiger partial charge is 0.0165 e. The molecule has 0 aromatic heterocycles. The van der Waals surface area contributed by atoms with Gasteiger partial charge in [0.25, 0.3) is 0 Å². The highest BCUT2D eigenvalue weighted by atomic mass is 15.1. The Hall–Kier alpha value is -1.08. The normalized spacial score (nSPS) is 10.8. The first-order valence-electron chi connectivity index (χ1n) is 9.42. The molecule has 0 radical (unpaired) electrons. The Balaban J connectivity index is 0. The second-order valence-electron chi connectivity index (χ2n) is 6.00. The Labute approximate surface area is 146 Å². The number of aryl methyl sites for hydroxylation is 1. The number of allylic oxidation sites excluding steroid dienone is 1. The van der Waals surface area contributed by atoms with Crippen molar-refractivity contribution in [2.45, 2.75) is 68.2 Å². The Morgan fingerprint density at radius 1 is 1.09 bits per heavy atom. The molecule has 134 valence electrons. The van der Waals surface area contributed by atoms with E-state index in [0.717, 1.165) is 12.5 Å². The van der Waals surface area contributed by atoms with Gasteiger partial charge in [-0.05, 0) is 62.9 Å². The number of rotatable bonds is 7. The summed E-state index contributed by atoms with van der Waals surface area (Å²) in [5, 5.41) is 0. The summed E-state index contributed by atoms with van der Waals surface area (Å²) in [6, 6.07) is 8.61. The van der Waals surface area contributed by atoms with Crippen LogP contribution in [0.1, 0.15) is 72.4 Å². The number of hydrogen-bond donors (Lipinski definition) is 0. The van der Waals surface area contributed by atoms with Crippen molar-refractivity contribution >= 4 is 5.57 Å². The third-order valence-corrected chi connectivity index (χ3v) is 3.60. The molecule has 0 atom stereocenters. The van der Waals surface area contributed by atoms with Gasteiger partial charge in [-0.25, -0.2) is 0 Å². The van der Waals surface area contributed by atoms with E-state index < -0.39 is 0 Å². The fourth-order valence-corrected chi connectivity index (χ4v) is 2.28. The summed E-state index contributed by atoms with van der Waals surface area (Å²) in [5.41, 5.74) is 4.12. The molecule has 0 saturated heterocycles. The molecule has 1 aromatic rings. The lowest BCUT2D eigenvalue weighted by molar-refractivity contribution is 0.348. The van der Waals surface area contributed by atoms with Crippen LogP contribution in [0.25, 0.3) is 5.57 Å². The number of nitrogens with zero attached hydrogens (tertiary/aromatic N) is 1. The maximum absolute atomic E-state index is 2.41. The third-order valence-electron chi connectivity index (χ3n) is 3.60. The zero-order valence-corrected chi connectivity index (χ0v) is 17.2. The molecule has 1 heteroatoms. The van der Waals surface area contributed by atoms with Crippen molar-refractivity contribution in [3.8, 4) is 0 Å². The molecule has 0 amide bonds. The lowest BCUT2D eigenvalue weighted by Crippen LogP contribution is -2.20. The first-order valence-corrected chi connectivity index (χ1v) is 9.42. The van der Waals surface area contributed by atoms with E-state index >= 15 is 0 Å². The van der Waals surface area contributed by atoms with Crippen molar-refractivity contribution in [1.29, 1.82) is 0 Å². The molecule has 0 unspecified atom stereocenters. The Morgan fingerprint density at radius 2 is 1.65 bits per heavy atom. The van der Waals surface area contributed by atoms with Gasteiger partial charge in [0, 0.05) is 6.54 Å². The second kappa shape index (κ2) is 15.8. The molecule has 0 heterocycles. The molecule has 0 fully saturated rings. The fourth-order valence-electron chi connectivity index (χ4n) is 2.28. The van der Waals surface area contributed by atoms with Crippen LogP contribution < -0.4 is 0 Å². The number of hydrogen-bond acceptors (Lipinski definition) is 1. The monoisotopic (exact) mass is 319 g/mol. The van der Waals surface area contributed by atoms with Crippen LogP contribution in [-0.2, 0) is 0 Å². The van der Waals surface area contributed by atoms with Gasteiger partial charge in [-0.3, -0.25) is 0 Å². The van der Waals surface area contributed by atoms with Crippen molar-refractivity contribution in [2.24, 2.45) is 5.92 Å². The van der Waals surface area contributed by atoms with Crippen LogP contribution >= 0.6 is 0 Å². The van der Waals surface area contributed by atoms with E-state index in [9.17, 15) is 0 Å². The molecule has 1 nitrogen and oxygen atoms in total. The predicted molar refractivity (Wildman–Crippen MR) is 109 cm³/mol. The highest BCUT2D eigenvalue weighted by Crippen LogP contribution is 2.17. The van der Waals surface area contributed by atoms with Crippen LogP contribution in [-0.4, -0.2) is 25.0 Å². The summed E-state index contributed by atoms with van der Waals surface area (Å²) < 4.78 is 0. The van der Waals surface area contributed by atoms with Crippen LogP contribution in [0, 0.1) is 12.8 Å². The maximum atomic E-state index is 2.41. The number of benzene rings is 1. The quantitative estimate of drug-likeness (QED) is 0.533. The molecule has 0 aliphatic carbocycles. The van der Waals surface area contributed by atoms with Crippen molar-refractivity contribution in [1.82, 2.24) is 4.90 Å². The van der Waals surface area contributed by atoms with Gasteiger partial charge in [0.1, 0.15) is 0 Å². The summed E-state index contributed by atoms with van der Waals surface area (Å²) in [6.07, 6.45) is 4.97. The summed E-state index contributed by atoms with van der Waals surface area (Å²) in [6.45, 7) is 19.2. The van der Waals surface area contributed by atoms with Crippen LogP contribution in [0.4, 0.5) is 0 Å². The van der Waals surface area contributed by atoms with E-state index in [1.54, 1.807) is 0 Å². The molecule has 23 heavy (non-hydrogen) atoms. The maximum Gasteiger partial charge on any atom is 0.0165 e. The molecule has 0 N–H and O–H groups in total. The van der Waals surface area contributed by atoms with E-state index in [4.69, 9.17) is 0 Å². The van der Waals surface area contributed by atoms with Crippen LogP contribution in [0.3, 0.4) is 0 Å². The SMILES string of the molecule is C/C(=C\CN(C)CCCC(C)C)c1ccccc1C.CC.CC. The molecule has 0 aliphatic rings. The Bertz CT molecular complexity index is 404. The van der Waals surface area contributed by atoms with E-state index in [1.165, 1.54) is 36.1 Å². The molecule has 0 aliphatic heterocycles. The molecule has 0 saturated carbocycles. The third kappa shape index (κ3) is 12.1. The lowest BCUT2D eigenvalue weighted by Gasteiger charge is -2.16. The minimum Gasteiger partial charge on any atom is -0.303 e. The first kappa shape index (κ1) is 24.2. The van der Waals surface area contributed by atoms with Gasteiger partial charge in [-0.2, -0.15) is 0 Å². The summed E-state index contributed by atoms with van der Waals surface area (Å²) in [7, 11) is 2.21. The average molecular weight is 320 g/mol. The lowest BCUT2D eigenvalue weighted by atomic mass is 10.0. The minimum absolute atomic E-state index is 0.817. The first-order chi connectivity index (χ1) is 11.0. The van der Waals surface area contributed by atoms with Gasteiger partial charge >= 0.3 is 0 Å². The van der Waals surface area contributed by atoms with Crippen LogP contribution in [0.5, 0.6) is 0 Å². The van der Waals surface area contributed by atoms with Gasteiger partial charge in [0.2, 0.25) is 0 Å². The van der Waals surface area contributed by atoms with Gasteiger partial charge in [0.15, 0.2) is 0 Å². The van der Waals surface area contributed by atoms with Crippen molar-refractivity contribution in [3.05, 3.63) is 41.5 Å². The van der Waals surface area contributed by atoms with E-state index in [0.29, 0.717) is 0 Å². The van der Waals surface area contributed by atoms with Gasteiger partial charge in [-0.15, -0.1) is 0 Å². The van der Waals surface area contributed by atoms with E-state index in [2.05, 4.69) is 70.0 Å². The molecule has 0 spiro atoms. The van der Waals surface area contributed by atoms with Crippen LogP contribution in [0.2, 0.25) is 0 Å².